The molecular formula is C9H20FNO. The molecule has 0 saturated heterocycles. The summed E-state index contributed by atoms with van der Waals surface area (Å²) in [4.78, 5) is 0. The predicted octanol–water partition coefficient (Wildman–Crippen LogP) is 1.61. The Balaban J connectivity index is 3.49. The van der Waals surface area contributed by atoms with Crippen molar-refractivity contribution < 1.29 is 9.13 Å². The van der Waals surface area contributed by atoms with E-state index in [1.54, 1.807) is 7.11 Å². The van der Waals surface area contributed by atoms with Crippen LogP contribution in [0.1, 0.15) is 20.3 Å². The molecule has 0 rings (SSSR count). The van der Waals surface area contributed by atoms with Crippen molar-refractivity contribution in [3.8, 4) is 0 Å². The number of alkyl halides is 1. The molecule has 0 aromatic heterocycles. The van der Waals surface area contributed by atoms with E-state index in [1.165, 1.54) is 0 Å². The monoisotopic (exact) mass is 177 g/mol. The largest absolute Gasteiger partial charge is 0.383 e. The zero-order valence-corrected chi connectivity index (χ0v) is 8.27. The molecule has 1 atom stereocenters. The van der Waals surface area contributed by atoms with Crippen LogP contribution in [-0.4, -0.2) is 33.0 Å². The summed E-state index contributed by atoms with van der Waals surface area (Å²) in [5.74, 6) is 0.532. The SMILES string of the molecule is COCC(NCCCF)C(C)C. The molecule has 0 aliphatic carbocycles. The van der Waals surface area contributed by atoms with Gasteiger partial charge in [0.15, 0.2) is 0 Å². The Bertz CT molecular complexity index is 98.5. The minimum atomic E-state index is -0.245. The third-order valence-corrected chi connectivity index (χ3v) is 1.87. The molecule has 0 fully saturated rings. The van der Waals surface area contributed by atoms with Crippen molar-refractivity contribution in [3.05, 3.63) is 0 Å². The molecule has 0 aliphatic rings. The lowest BCUT2D eigenvalue weighted by atomic mass is 10.1. The normalized spacial score (nSPS) is 13.8. The number of halogens is 1. The first-order valence-corrected chi connectivity index (χ1v) is 4.50. The smallest absolute Gasteiger partial charge is 0.0906 e. The van der Waals surface area contributed by atoms with Gasteiger partial charge in [0.2, 0.25) is 0 Å². The number of ether oxygens (including phenoxy) is 1. The quantitative estimate of drug-likeness (QED) is 0.596. The van der Waals surface area contributed by atoms with Crippen LogP contribution in [0.15, 0.2) is 0 Å². The summed E-state index contributed by atoms with van der Waals surface area (Å²) >= 11 is 0. The molecule has 2 nitrogen and oxygen atoms in total. The number of methoxy groups -OCH3 is 1. The summed E-state index contributed by atoms with van der Waals surface area (Å²) in [6, 6.07) is 0.349. The minimum Gasteiger partial charge on any atom is -0.383 e. The van der Waals surface area contributed by atoms with E-state index >= 15 is 0 Å². The van der Waals surface area contributed by atoms with E-state index in [-0.39, 0.29) is 6.67 Å². The van der Waals surface area contributed by atoms with E-state index in [0.29, 0.717) is 25.0 Å². The standard InChI is InChI=1S/C9H20FNO/c1-8(2)9(7-12-3)11-6-4-5-10/h8-9,11H,4-7H2,1-3H3. The van der Waals surface area contributed by atoms with Crippen LogP contribution in [0, 0.1) is 5.92 Å². The Morgan fingerprint density at radius 2 is 2.08 bits per heavy atom. The van der Waals surface area contributed by atoms with Crippen LogP contribution in [0.3, 0.4) is 0 Å². The van der Waals surface area contributed by atoms with Gasteiger partial charge in [-0.1, -0.05) is 13.8 Å². The molecule has 0 radical (unpaired) electrons. The molecule has 0 bridgehead atoms. The lowest BCUT2D eigenvalue weighted by Gasteiger charge is -2.21. The summed E-state index contributed by atoms with van der Waals surface area (Å²) in [5.41, 5.74) is 0. The second kappa shape index (κ2) is 7.50. The number of hydrogen-bond acceptors (Lipinski definition) is 2. The first-order chi connectivity index (χ1) is 5.72. The van der Waals surface area contributed by atoms with Crippen LogP contribution in [0.4, 0.5) is 4.39 Å². The minimum absolute atomic E-state index is 0.245. The first kappa shape index (κ1) is 11.8. The van der Waals surface area contributed by atoms with Crippen molar-refractivity contribution in [1.82, 2.24) is 5.32 Å². The van der Waals surface area contributed by atoms with Gasteiger partial charge in [-0.25, -0.2) is 0 Å². The number of nitrogens with one attached hydrogen (secondary N) is 1. The average Bonchev–Trinajstić information content (AvgIpc) is 2.03. The molecule has 1 N–H and O–H groups in total. The predicted molar refractivity (Wildman–Crippen MR) is 49.1 cm³/mol. The van der Waals surface area contributed by atoms with Crippen LogP contribution in [0.2, 0.25) is 0 Å². The fourth-order valence-electron chi connectivity index (χ4n) is 1.02. The Morgan fingerprint density at radius 3 is 2.50 bits per heavy atom. The van der Waals surface area contributed by atoms with E-state index < -0.39 is 0 Å². The van der Waals surface area contributed by atoms with Crippen LogP contribution in [-0.2, 0) is 4.74 Å². The molecule has 12 heavy (non-hydrogen) atoms. The summed E-state index contributed by atoms with van der Waals surface area (Å²) in [6.45, 7) is 5.45. The van der Waals surface area contributed by atoms with Gasteiger partial charge in [-0.3, -0.25) is 4.39 Å². The molecule has 0 heterocycles. The van der Waals surface area contributed by atoms with Crippen molar-refractivity contribution in [3.63, 3.8) is 0 Å². The second-order valence-corrected chi connectivity index (χ2v) is 3.30. The van der Waals surface area contributed by atoms with Crippen molar-refractivity contribution >= 4 is 0 Å². The summed E-state index contributed by atoms with van der Waals surface area (Å²) in [7, 11) is 1.69. The van der Waals surface area contributed by atoms with E-state index in [0.717, 1.165) is 6.54 Å². The third kappa shape index (κ3) is 5.49. The van der Waals surface area contributed by atoms with E-state index in [4.69, 9.17) is 4.74 Å². The van der Waals surface area contributed by atoms with Gasteiger partial charge < -0.3 is 10.1 Å². The van der Waals surface area contributed by atoms with Crippen molar-refractivity contribution in [2.24, 2.45) is 5.92 Å². The molecule has 0 aromatic carbocycles. The highest BCUT2D eigenvalue weighted by molar-refractivity contribution is 4.69. The van der Waals surface area contributed by atoms with Crippen LogP contribution < -0.4 is 5.32 Å². The Labute approximate surface area is 74.5 Å². The molecule has 0 saturated carbocycles. The lowest BCUT2D eigenvalue weighted by molar-refractivity contribution is 0.146. The Kier molecular flexibility index (Phi) is 7.40. The number of hydrogen-bond donors (Lipinski definition) is 1. The maximum absolute atomic E-state index is 11.8. The highest BCUT2D eigenvalue weighted by Crippen LogP contribution is 2.01. The van der Waals surface area contributed by atoms with Gasteiger partial charge in [0, 0.05) is 13.2 Å². The molecule has 3 heteroatoms. The molecule has 0 aromatic rings. The average molecular weight is 177 g/mol. The van der Waals surface area contributed by atoms with E-state index in [2.05, 4.69) is 19.2 Å². The Morgan fingerprint density at radius 1 is 1.42 bits per heavy atom. The zero-order chi connectivity index (χ0) is 9.40. The molecule has 1 unspecified atom stereocenters. The van der Waals surface area contributed by atoms with Crippen molar-refractivity contribution in [2.45, 2.75) is 26.3 Å². The molecule has 0 amide bonds. The maximum Gasteiger partial charge on any atom is 0.0906 e. The summed E-state index contributed by atoms with van der Waals surface area (Å²) in [6.07, 6.45) is 0.590. The van der Waals surface area contributed by atoms with Gasteiger partial charge in [-0.15, -0.1) is 0 Å². The highest BCUT2D eigenvalue weighted by atomic mass is 19.1. The van der Waals surface area contributed by atoms with Gasteiger partial charge in [0.1, 0.15) is 0 Å². The fourth-order valence-corrected chi connectivity index (χ4v) is 1.02. The maximum atomic E-state index is 11.8. The Hall–Kier alpha value is -0.150. The fraction of sp³-hybridized carbons (Fsp3) is 1.00. The van der Waals surface area contributed by atoms with Crippen LogP contribution in [0.5, 0.6) is 0 Å². The summed E-state index contributed by atoms with van der Waals surface area (Å²) < 4.78 is 16.8. The van der Waals surface area contributed by atoms with E-state index in [1.807, 2.05) is 0 Å². The van der Waals surface area contributed by atoms with Gasteiger partial charge in [-0.05, 0) is 18.9 Å². The third-order valence-electron chi connectivity index (χ3n) is 1.87. The topological polar surface area (TPSA) is 21.3 Å². The zero-order valence-electron chi connectivity index (χ0n) is 8.27. The van der Waals surface area contributed by atoms with Gasteiger partial charge in [0.05, 0.1) is 13.3 Å². The lowest BCUT2D eigenvalue weighted by Crippen LogP contribution is -2.38. The highest BCUT2D eigenvalue weighted by Gasteiger charge is 2.10. The van der Waals surface area contributed by atoms with Crippen molar-refractivity contribution in [2.75, 3.05) is 26.9 Å². The second-order valence-electron chi connectivity index (χ2n) is 3.30. The first-order valence-electron chi connectivity index (χ1n) is 4.50. The van der Waals surface area contributed by atoms with Crippen LogP contribution >= 0.6 is 0 Å². The van der Waals surface area contributed by atoms with Gasteiger partial charge in [0.25, 0.3) is 0 Å². The number of rotatable bonds is 7. The van der Waals surface area contributed by atoms with Gasteiger partial charge >= 0.3 is 0 Å². The van der Waals surface area contributed by atoms with Gasteiger partial charge in [-0.2, -0.15) is 0 Å². The molecule has 0 aliphatic heterocycles. The summed E-state index contributed by atoms with van der Waals surface area (Å²) in [5, 5.41) is 3.26. The van der Waals surface area contributed by atoms with E-state index in [9.17, 15) is 4.39 Å². The molecular weight excluding hydrogens is 157 g/mol. The molecule has 74 valence electrons. The van der Waals surface area contributed by atoms with Crippen molar-refractivity contribution in [1.29, 1.82) is 0 Å². The van der Waals surface area contributed by atoms with Crippen LogP contribution in [0.25, 0.3) is 0 Å². The molecule has 0 spiro atoms.